The summed E-state index contributed by atoms with van der Waals surface area (Å²) in [6, 6.07) is 5.30. The smallest absolute Gasteiger partial charge is 0.446 e. The van der Waals surface area contributed by atoms with Gasteiger partial charge in [-0.2, -0.15) is 5.26 Å². The molecule has 18 heavy (non-hydrogen) atoms. The Balaban J connectivity index is 2.06. The molecule has 0 bridgehead atoms. The highest BCUT2D eigenvalue weighted by Gasteiger charge is 2.50. The minimum Gasteiger partial charge on any atom is -0.446 e. The topological polar surface area (TPSA) is 55.4 Å². The summed E-state index contributed by atoms with van der Waals surface area (Å²) in [5, 5.41) is 8.65. The van der Waals surface area contributed by atoms with Crippen molar-refractivity contribution in [2.75, 3.05) is 0 Å². The molecule has 0 atom stereocenters. The van der Waals surface area contributed by atoms with Crippen LogP contribution in [0.2, 0.25) is 0 Å². The number of furan rings is 1. The molecule has 0 spiro atoms. The zero-order valence-corrected chi connectivity index (χ0v) is 11.1. The van der Waals surface area contributed by atoms with Crippen LogP contribution in [0, 0.1) is 11.3 Å². The molecule has 0 amide bonds. The van der Waals surface area contributed by atoms with Crippen LogP contribution in [-0.4, -0.2) is 18.3 Å². The van der Waals surface area contributed by atoms with Crippen molar-refractivity contribution in [1.29, 1.82) is 5.26 Å². The minimum absolute atomic E-state index is 0.295. The van der Waals surface area contributed by atoms with Gasteiger partial charge >= 0.3 is 7.12 Å². The van der Waals surface area contributed by atoms with E-state index in [4.69, 9.17) is 19.0 Å². The summed E-state index contributed by atoms with van der Waals surface area (Å²) in [7, 11) is -0.398. The second-order valence-corrected chi connectivity index (χ2v) is 5.30. The Bertz CT molecular complexity index is 495. The number of hydrogen-bond acceptors (Lipinski definition) is 4. The molecule has 5 heteroatoms. The number of hydrogen-bond donors (Lipinski definition) is 0. The SMILES string of the molecule is CC1(C)OB(/C=C/c2ccc(C#N)o2)OC1(C)C. The summed E-state index contributed by atoms with van der Waals surface area (Å²) in [6.45, 7) is 8.01. The summed E-state index contributed by atoms with van der Waals surface area (Å²) in [6.07, 6.45) is 1.75. The second kappa shape index (κ2) is 4.31. The van der Waals surface area contributed by atoms with Gasteiger partial charge in [-0.1, -0.05) is 5.98 Å². The van der Waals surface area contributed by atoms with E-state index in [-0.39, 0.29) is 11.2 Å². The van der Waals surface area contributed by atoms with Crippen molar-refractivity contribution in [3.63, 3.8) is 0 Å². The molecule has 1 fully saturated rings. The maximum Gasteiger partial charge on any atom is 0.487 e. The average Bonchev–Trinajstić information content (AvgIpc) is 2.79. The van der Waals surface area contributed by atoms with E-state index in [0.29, 0.717) is 11.5 Å². The molecule has 0 unspecified atom stereocenters. The average molecular weight is 245 g/mol. The van der Waals surface area contributed by atoms with E-state index < -0.39 is 7.12 Å². The lowest BCUT2D eigenvalue weighted by Gasteiger charge is -2.32. The molecule has 0 N–H and O–H groups in total. The van der Waals surface area contributed by atoms with Gasteiger partial charge in [0, 0.05) is 0 Å². The zero-order valence-electron chi connectivity index (χ0n) is 11.1. The highest BCUT2D eigenvalue weighted by molar-refractivity contribution is 6.52. The van der Waals surface area contributed by atoms with Gasteiger partial charge in [0.05, 0.1) is 11.2 Å². The van der Waals surface area contributed by atoms with Gasteiger partial charge < -0.3 is 13.7 Å². The molecule has 1 aromatic rings. The molecule has 0 aromatic carbocycles. The Morgan fingerprint density at radius 3 is 2.28 bits per heavy atom. The van der Waals surface area contributed by atoms with E-state index in [9.17, 15) is 0 Å². The van der Waals surface area contributed by atoms with Gasteiger partial charge in [-0.3, -0.25) is 0 Å². The van der Waals surface area contributed by atoms with Gasteiger partial charge in [0.1, 0.15) is 11.8 Å². The first-order valence-electron chi connectivity index (χ1n) is 5.88. The number of nitrogens with zero attached hydrogens (tertiary/aromatic N) is 1. The molecule has 94 valence electrons. The van der Waals surface area contributed by atoms with E-state index in [1.807, 2.05) is 33.8 Å². The summed E-state index contributed by atoms with van der Waals surface area (Å²) < 4.78 is 16.8. The van der Waals surface area contributed by atoms with Gasteiger partial charge in [0.2, 0.25) is 5.76 Å². The molecule has 1 aliphatic rings. The third-order valence-electron chi connectivity index (χ3n) is 3.43. The van der Waals surface area contributed by atoms with E-state index >= 15 is 0 Å². The lowest BCUT2D eigenvalue weighted by atomic mass is 9.90. The Morgan fingerprint density at radius 1 is 1.17 bits per heavy atom. The van der Waals surface area contributed by atoms with Crippen molar-refractivity contribution in [1.82, 2.24) is 0 Å². The van der Waals surface area contributed by atoms with Gasteiger partial charge in [-0.25, -0.2) is 0 Å². The van der Waals surface area contributed by atoms with Gasteiger partial charge in [0.15, 0.2) is 0 Å². The Hall–Kier alpha value is -1.51. The maximum absolute atomic E-state index is 8.65. The van der Waals surface area contributed by atoms with E-state index in [1.165, 1.54) is 0 Å². The van der Waals surface area contributed by atoms with Crippen LogP contribution in [0.3, 0.4) is 0 Å². The summed E-state index contributed by atoms with van der Waals surface area (Å²) >= 11 is 0. The van der Waals surface area contributed by atoms with Crippen molar-refractivity contribution >= 4 is 13.2 Å². The Labute approximate surface area is 107 Å². The van der Waals surface area contributed by atoms with Gasteiger partial charge in [0.25, 0.3) is 0 Å². The molecule has 0 saturated carbocycles. The van der Waals surface area contributed by atoms with Crippen LogP contribution in [0.1, 0.15) is 39.2 Å². The first-order chi connectivity index (χ1) is 8.34. The summed E-state index contributed by atoms with van der Waals surface area (Å²) in [5.74, 6) is 2.70. The first-order valence-corrected chi connectivity index (χ1v) is 5.88. The molecule has 1 aliphatic heterocycles. The van der Waals surface area contributed by atoms with Crippen LogP contribution in [0.25, 0.3) is 6.08 Å². The minimum atomic E-state index is -0.398. The monoisotopic (exact) mass is 245 g/mol. The lowest BCUT2D eigenvalue weighted by molar-refractivity contribution is 0.00578. The van der Waals surface area contributed by atoms with Crippen LogP contribution in [0.4, 0.5) is 0 Å². The summed E-state index contributed by atoms with van der Waals surface area (Å²) in [5.41, 5.74) is -0.689. The molecule has 2 rings (SSSR count). The molecule has 1 saturated heterocycles. The van der Waals surface area contributed by atoms with Crippen molar-refractivity contribution in [2.45, 2.75) is 38.9 Å². The fraction of sp³-hybridized carbons (Fsp3) is 0.462. The quantitative estimate of drug-likeness (QED) is 0.751. The van der Waals surface area contributed by atoms with Crippen molar-refractivity contribution in [3.8, 4) is 6.07 Å². The molecular weight excluding hydrogens is 229 g/mol. The number of rotatable bonds is 2. The predicted octanol–water partition coefficient (Wildman–Crippen LogP) is 2.80. The predicted molar refractivity (Wildman–Crippen MR) is 68.5 cm³/mol. The van der Waals surface area contributed by atoms with E-state index in [2.05, 4.69) is 0 Å². The molecule has 2 heterocycles. The lowest BCUT2D eigenvalue weighted by Crippen LogP contribution is -2.41. The second-order valence-electron chi connectivity index (χ2n) is 5.30. The van der Waals surface area contributed by atoms with Crippen molar-refractivity contribution < 1.29 is 13.7 Å². The fourth-order valence-corrected chi connectivity index (χ4v) is 1.64. The molecule has 0 radical (unpaired) electrons. The summed E-state index contributed by atoms with van der Waals surface area (Å²) in [4.78, 5) is 0. The standard InChI is InChI=1S/C13H16BNO3/c1-12(2)13(3,4)18-14(17-12)8-7-10-5-6-11(9-15)16-10/h5-8H,1-4H3/b8-7+. The fourth-order valence-electron chi connectivity index (χ4n) is 1.64. The van der Waals surface area contributed by atoms with Gasteiger partial charge in [-0.05, 0) is 45.9 Å². The van der Waals surface area contributed by atoms with Crippen molar-refractivity contribution in [2.24, 2.45) is 0 Å². The normalized spacial score (nSPS) is 21.4. The Morgan fingerprint density at radius 2 is 1.78 bits per heavy atom. The van der Waals surface area contributed by atoms with Gasteiger partial charge in [-0.15, -0.1) is 0 Å². The Kier molecular flexibility index (Phi) is 3.10. The third-order valence-corrected chi connectivity index (χ3v) is 3.43. The third kappa shape index (κ3) is 2.35. The number of nitriles is 1. The first kappa shape index (κ1) is 12.9. The largest absolute Gasteiger partial charge is 0.487 e. The molecular formula is C13H16BNO3. The van der Waals surface area contributed by atoms with Crippen LogP contribution in [0.15, 0.2) is 22.5 Å². The van der Waals surface area contributed by atoms with E-state index in [1.54, 1.807) is 24.2 Å². The van der Waals surface area contributed by atoms with Crippen LogP contribution in [0.5, 0.6) is 0 Å². The zero-order chi connectivity index (χ0) is 13.4. The molecule has 1 aromatic heterocycles. The van der Waals surface area contributed by atoms with Crippen LogP contribution >= 0.6 is 0 Å². The van der Waals surface area contributed by atoms with Crippen LogP contribution in [-0.2, 0) is 9.31 Å². The maximum atomic E-state index is 8.65. The van der Waals surface area contributed by atoms with Crippen LogP contribution < -0.4 is 0 Å². The van der Waals surface area contributed by atoms with Crippen molar-refractivity contribution in [3.05, 3.63) is 29.6 Å². The molecule has 4 nitrogen and oxygen atoms in total. The highest BCUT2D eigenvalue weighted by atomic mass is 16.7. The highest BCUT2D eigenvalue weighted by Crippen LogP contribution is 2.37. The van der Waals surface area contributed by atoms with E-state index in [0.717, 1.165) is 0 Å². The molecule has 0 aliphatic carbocycles.